The van der Waals surface area contributed by atoms with Gasteiger partial charge in [-0.05, 0) is 12.3 Å². The van der Waals surface area contributed by atoms with Crippen LogP contribution in [-0.4, -0.2) is 38.1 Å². The zero-order valence-electron chi connectivity index (χ0n) is 10.8. The topological polar surface area (TPSA) is 12.2 Å². The van der Waals surface area contributed by atoms with E-state index in [9.17, 15) is 0 Å². The number of rotatable bonds is 10. The highest BCUT2D eigenvalue weighted by molar-refractivity contribution is 5.13. The molecule has 0 aromatic carbocycles. The molecule has 0 aliphatic rings. The second-order valence-electron chi connectivity index (χ2n) is 4.42. The van der Waals surface area contributed by atoms with Crippen molar-refractivity contribution in [2.45, 2.75) is 46.0 Å². The van der Waals surface area contributed by atoms with Gasteiger partial charge in [0.1, 0.15) is 20.3 Å². The first-order valence-corrected chi connectivity index (χ1v) is 6.30. The summed E-state index contributed by atoms with van der Waals surface area (Å²) in [6, 6.07) is 0. The molecule has 0 rings (SSSR count). The minimum atomic E-state index is 0.766. The fourth-order valence-corrected chi connectivity index (χ4v) is 1.58. The lowest BCUT2D eigenvalue weighted by atomic mass is 10.0. The molecule has 0 saturated heterocycles. The summed E-state index contributed by atoms with van der Waals surface area (Å²) in [6.07, 6.45) is 6.29. The highest BCUT2D eigenvalue weighted by Gasteiger charge is 2.05. The van der Waals surface area contributed by atoms with E-state index in [4.69, 9.17) is 4.74 Å². The average molecular weight is 214 g/mol. The van der Waals surface area contributed by atoms with Crippen molar-refractivity contribution in [3.8, 4) is 0 Å². The molecule has 2 heteroatoms. The molecule has 2 nitrogen and oxygen atoms in total. The Labute approximate surface area is 95.3 Å². The average Bonchev–Trinajstić information content (AvgIpc) is 2.21. The minimum Gasteiger partial charge on any atom is -0.381 e. The zero-order valence-corrected chi connectivity index (χ0v) is 10.8. The van der Waals surface area contributed by atoms with E-state index in [2.05, 4.69) is 20.6 Å². The van der Waals surface area contributed by atoms with E-state index < -0.39 is 0 Å². The van der Waals surface area contributed by atoms with Crippen molar-refractivity contribution in [2.24, 2.45) is 5.92 Å². The molecule has 90 valence electrons. The van der Waals surface area contributed by atoms with Crippen LogP contribution >= 0.6 is 0 Å². The van der Waals surface area contributed by atoms with Crippen LogP contribution in [0.3, 0.4) is 0 Å². The highest BCUT2D eigenvalue weighted by atomic mass is 16.5. The maximum Gasteiger partial charge on any atom is 0.144 e. The summed E-state index contributed by atoms with van der Waals surface area (Å²) in [5.74, 6) is 0.766. The number of unbranched alkanes of at least 4 members (excludes halogenated alkanes) is 1. The molecule has 0 N–H and O–H groups in total. The van der Waals surface area contributed by atoms with E-state index in [1.165, 1.54) is 25.7 Å². The normalized spacial score (nSPS) is 12.7. The van der Waals surface area contributed by atoms with Crippen molar-refractivity contribution in [2.75, 3.05) is 26.8 Å². The molecular weight excluding hydrogens is 186 g/mol. The van der Waals surface area contributed by atoms with Gasteiger partial charge < -0.3 is 4.74 Å². The van der Waals surface area contributed by atoms with Crippen LogP contribution in [0.4, 0.5) is 0 Å². The van der Waals surface area contributed by atoms with Crippen LogP contribution in [0.2, 0.25) is 0 Å². The smallest absolute Gasteiger partial charge is 0.144 e. The molecule has 0 spiro atoms. The summed E-state index contributed by atoms with van der Waals surface area (Å²) in [6.45, 7) is 11.1. The third-order valence-corrected chi connectivity index (χ3v) is 2.73. The molecule has 0 aromatic heterocycles. The van der Waals surface area contributed by atoms with Gasteiger partial charge in [-0.15, -0.1) is 0 Å². The summed E-state index contributed by atoms with van der Waals surface area (Å²) >= 11 is 0. The second kappa shape index (κ2) is 10.2. The number of hydrogen-bond acceptors (Lipinski definition) is 1. The van der Waals surface area contributed by atoms with E-state index in [1.54, 1.807) is 0 Å². The molecule has 0 aliphatic heterocycles. The fourth-order valence-electron chi connectivity index (χ4n) is 1.58. The summed E-state index contributed by atoms with van der Waals surface area (Å²) in [4.78, 5) is 0. The summed E-state index contributed by atoms with van der Waals surface area (Å²) < 4.78 is 7.64. The van der Waals surface area contributed by atoms with Crippen LogP contribution < -0.4 is 0 Å². The van der Waals surface area contributed by atoms with E-state index in [1.807, 2.05) is 11.6 Å². The van der Waals surface area contributed by atoms with Crippen LogP contribution in [0, 0.1) is 5.92 Å². The van der Waals surface area contributed by atoms with Crippen molar-refractivity contribution in [1.29, 1.82) is 0 Å². The second-order valence-corrected chi connectivity index (χ2v) is 4.42. The van der Waals surface area contributed by atoms with Gasteiger partial charge in [-0.2, -0.15) is 0 Å². The van der Waals surface area contributed by atoms with Crippen molar-refractivity contribution in [1.82, 2.24) is 0 Å². The summed E-state index contributed by atoms with van der Waals surface area (Å²) in [5.41, 5.74) is 0. The first-order valence-electron chi connectivity index (χ1n) is 6.30. The summed E-state index contributed by atoms with van der Waals surface area (Å²) in [5, 5.41) is 0. The molecule has 0 fully saturated rings. The molecule has 0 amide bonds. The molecule has 1 atom stereocenters. The molecule has 0 bridgehead atoms. The largest absolute Gasteiger partial charge is 0.381 e. The van der Waals surface area contributed by atoms with E-state index in [0.29, 0.717) is 0 Å². The van der Waals surface area contributed by atoms with Gasteiger partial charge in [-0.3, -0.25) is 0 Å². The fraction of sp³-hybridized carbons (Fsp3) is 0.923. The Kier molecular flexibility index (Phi) is 9.91. The number of nitrogens with zero attached hydrogens (tertiary/aromatic N) is 1. The molecular formula is C13H28NO+. The zero-order chi connectivity index (χ0) is 11.5. The van der Waals surface area contributed by atoms with Gasteiger partial charge in [0.05, 0.1) is 6.61 Å². The molecule has 1 unspecified atom stereocenters. The first kappa shape index (κ1) is 14.6. The molecule has 0 heterocycles. The van der Waals surface area contributed by atoms with Crippen molar-refractivity contribution in [3.05, 3.63) is 0 Å². The van der Waals surface area contributed by atoms with Crippen LogP contribution in [-0.2, 0) is 4.74 Å². The Morgan fingerprint density at radius 1 is 1.27 bits per heavy atom. The summed E-state index contributed by atoms with van der Waals surface area (Å²) in [7, 11) is 2.00. The maximum atomic E-state index is 5.68. The van der Waals surface area contributed by atoms with Gasteiger partial charge in [0.2, 0.25) is 0 Å². The molecule has 0 radical (unpaired) electrons. The number of hydrogen-bond donors (Lipinski definition) is 0. The highest BCUT2D eigenvalue weighted by Crippen LogP contribution is 2.12. The van der Waals surface area contributed by atoms with Crippen molar-refractivity contribution < 1.29 is 9.31 Å². The van der Waals surface area contributed by atoms with Gasteiger partial charge in [0.15, 0.2) is 0 Å². The van der Waals surface area contributed by atoms with Gasteiger partial charge in [-0.1, -0.05) is 33.1 Å². The number of ether oxygens (including phenoxy) is 1. The Morgan fingerprint density at radius 3 is 2.53 bits per heavy atom. The first-order chi connectivity index (χ1) is 7.20. The van der Waals surface area contributed by atoms with Gasteiger partial charge in [0.25, 0.3) is 0 Å². The monoisotopic (exact) mass is 214 g/mol. The van der Waals surface area contributed by atoms with Gasteiger partial charge >= 0.3 is 0 Å². The standard InChI is InChI=1S/C13H28NO/c1-5-7-9-13(6-2)12-15-11-8-10-14(3)4/h13H,3,5-12H2,1-2,4H3/q+1. The van der Waals surface area contributed by atoms with E-state index in [-0.39, 0.29) is 0 Å². The van der Waals surface area contributed by atoms with E-state index in [0.717, 1.165) is 32.1 Å². The molecule has 0 saturated carbocycles. The van der Waals surface area contributed by atoms with Crippen molar-refractivity contribution in [3.63, 3.8) is 0 Å². The SMILES string of the molecule is C=[N+](C)CCCOCC(CC)CCCC. The Hall–Kier alpha value is -0.370. The lowest BCUT2D eigenvalue weighted by Crippen LogP contribution is -2.12. The van der Waals surface area contributed by atoms with Crippen LogP contribution in [0.15, 0.2) is 0 Å². The van der Waals surface area contributed by atoms with Gasteiger partial charge in [-0.25, -0.2) is 4.58 Å². The molecule has 0 aromatic rings. The third-order valence-electron chi connectivity index (χ3n) is 2.73. The predicted octanol–water partition coefficient (Wildman–Crippen LogP) is 2.95. The lowest BCUT2D eigenvalue weighted by Gasteiger charge is -2.14. The third kappa shape index (κ3) is 9.92. The van der Waals surface area contributed by atoms with Crippen molar-refractivity contribution >= 4 is 6.72 Å². The Bertz CT molecular complexity index is 157. The molecule has 15 heavy (non-hydrogen) atoms. The van der Waals surface area contributed by atoms with Crippen LogP contribution in [0.5, 0.6) is 0 Å². The predicted molar refractivity (Wildman–Crippen MR) is 66.9 cm³/mol. The minimum absolute atomic E-state index is 0.766. The van der Waals surface area contributed by atoms with E-state index >= 15 is 0 Å². The maximum absolute atomic E-state index is 5.68. The Morgan fingerprint density at radius 2 is 2.00 bits per heavy atom. The van der Waals surface area contributed by atoms with Crippen LogP contribution in [0.1, 0.15) is 46.0 Å². The quantitative estimate of drug-likeness (QED) is 0.309. The van der Waals surface area contributed by atoms with Crippen LogP contribution in [0.25, 0.3) is 0 Å². The lowest BCUT2D eigenvalue weighted by molar-refractivity contribution is -0.489. The Balaban J connectivity index is 3.33. The van der Waals surface area contributed by atoms with Gasteiger partial charge in [0, 0.05) is 13.0 Å². The molecule has 0 aliphatic carbocycles.